The molecule has 1 N–H and O–H groups in total. The first-order chi connectivity index (χ1) is 9.49. The lowest BCUT2D eigenvalue weighted by Gasteiger charge is -2.08. The monoisotopic (exact) mass is 292 g/mol. The van der Waals surface area contributed by atoms with Crippen LogP contribution < -0.4 is 5.32 Å². The molecule has 2 rings (SSSR count). The van der Waals surface area contributed by atoms with Crippen LogP contribution in [0.25, 0.3) is 0 Å². The number of nitrogens with one attached hydrogen (secondary N) is 1. The van der Waals surface area contributed by atoms with Crippen LogP contribution in [-0.2, 0) is 6.54 Å². The van der Waals surface area contributed by atoms with Crippen molar-refractivity contribution < 1.29 is 4.79 Å². The van der Waals surface area contributed by atoms with E-state index in [2.05, 4.69) is 15.4 Å². The van der Waals surface area contributed by atoms with Gasteiger partial charge in [0.15, 0.2) is 0 Å². The lowest BCUT2D eigenvalue weighted by molar-refractivity contribution is 0.102. The second-order valence-electron chi connectivity index (χ2n) is 4.80. The second kappa shape index (κ2) is 6.05. The molecule has 0 radical (unpaired) electrons. The Hall–Kier alpha value is -1.88. The van der Waals surface area contributed by atoms with Crippen LogP contribution in [0.3, 0.4) is 0 Å². The van der Waals surface area contributed by atoms with Gasteiger partial charge in [-0.3, -0.25) is 9.48 Å². The zero-order chi connectivity index (χ0) is 14.7. The van der Waals surface area contributed by atoms with Crippen LogP contribution in [-0.4, -0.2) is 20.7 Å². The Morgan fingerprint density at radius 1 is 1.45 bits per heavy atom. The molecule has 0 spiro atoms. The summed E-state index contributed by atoms with van der Waals surface area (Å²) in [4.78, 5) is 16.4. The average molecular weight is 293 g/mol. The van der Waals surface area contributed by atoms with Crippen LogP contribution in [0.2, 0.25) is 5.15 Å². The molecule has 0 fully saturated rings. The highest BCUT2D eigenvalue weighted by Crippen LogP contribution is 2.18. The first kappa shape index (κ1) is 14.5. The lowest BCUT2D eigenvalue weighted by atomic mass is 10.1. The maximum atomic E-state index is 12.2. The molecule has 0 atom stereocenters. The van der Waals surface area contributed by atoms with E-state index in [4.69, 9.17) is 11.6 Å². The van der Waals surface area contributed by atoms with Crippen molar-refractivity contribution in [1.82, 2.24) is 14.8 Å². The molecule has 0 bridgehead atoms. The Morgan fingerprint density at radius 2 is 2.20 bits per heavy atom. The Labute approximate surface area is 123 Å². The van der Waals surface area contributed by atoms with Gasteiger partial charge in [0.05, 0.1) is 11.9 Å². The van der Waals surface area contributed by atoms with E-state index < -0.39 is 0 Å². The predicted octanol–water partition coefficient (Wildman–Crippen LogP) is 3.33. The molecule has 5 nitrogen and oxygen atoms in total. The van der Waals surface area contributed by atoms with Crippen LogP contribution in [0.4, 0.5) is 5.69 Å². The standard InChI is InChI=1S/C14H17ClN4O/c1-4-19-8-11(7-16-19)17-14(20)10-5-12(9(2)3)18-13(15)6-10/h5-9H,4H2,1-3H3,(H,17,20). The second-order valence-corrected chi connectivity index (χ2v) is 5.18. The first-order valence-corrected chi connectivity index (χ1v) is 6.88. The number of anilines is 1. The Balaban J connectivity index is 2.20. The van der Waals surface area contributed by atoms with Crippen molar-refractivity contribution in [3.63, 3.8) is 0 Å². The van der Waals surface area contributed by atoms with E-state index in [1.165, 1.54) is 0 Å². The highest BCUT2D eigenvalue weighted by Gasteiger charge is 2.12. The number of pyridine rings is 1. The number of carbonyl (C=O) groups is 1. The molecular weight excluding hydrogens is 276 g/mol. The third-order valence-corrected chi connectivity index (χ3v) is 3.08. The Kier molecular flexibility index (Phi) is 4.39. The summed E-state index contributed by atoms with van der Waals surface area (Å²) in [6.07, 6.45) is 3.40. The van der Waals surface area contributed by atoms with E-state index in [0.717, 1.165) is 12.2 Å². The minimum absolute atomic E-state index is 0.211. The predicted molar refractivity (Wildman–Crippen MR) is 79.2 cm³/mol. The van der Waals surface area contributed by atoms with Gasteiger partial charge in [-0.1, -0.05) is 25.4 Å². The van der Waals surface area contributed by atoms with Crippen LogP contribution in [0, 0.1) is 0 Å². The zero-order valence-electron chi connectivity index (χ0n) is 11.7. The van der Waals surface area contributed by atoms with Crippen molar-refractivity contribution in [2.24, 2.45) is 0 Å². The quantitative estimate of drug-likeness (QED) is 0.879. The van der Waals surface area contributed by atoms with E-state index in [1.54, 1.807) is 29.2 Å². The largest absolute Gasteiger partial charge is 0.319 e. The van der Waals surface area contributed by atoms with Crippen LogP contribution >= 0.6 is 11.6 Å². The van der Waals surface area contributed by atoms with Gasteiger partial charge in [-0.05, 0) is 25.0 Å². The molecule has 106 valence electrons. The van der Waals surface area contributed by atoms with Gasteiger partial charge in [0.25, 0.3) is 5.91 Å². The molecule has 1 amide bonds. The topological polar surface area (TPSA) is 59.8 Å². The van der Waals surface area contributed by atoms with Crippen molar-refractivity contribution in [3.8, 4) is 0 Å². The van der Waals surface area contributed by atoms with Crippen LogP contribution in [0.5, 0.6) is 0 Å². The fourth-order valence-corrected chi connectivity index (χ4v) is 1.96. The van der Waals surface area contributed by atoms with E-state index in [-0.39, 0.29) is 11.8 Å². The van der Waals surface area contributed by atoms with E-state index >= 15 is 0 Å². The molecule has 0 saturated carbocycles. The lowest BCUT2D eigenvalue weighted by Crippen LogP contribution is -2.12. The van der Waals surface area contributed by atoms with Gasteiger partial charge in [0, 0.05) is 24.0 Å². The van der Waals surface area contributed by atoms with Crippen molar-refractivity contribution in [2.75, 3.05) is 5.32 Å². The molecule has 0 saturated heterocycles. The number of aromatic nitrogens is 3. The number of rotatable bonds is 4. The van der Waals surface area contributed by atoms with Gasteiger partial charge in [0.2, 0.25) is 0 Å². The summed E-state index contributed by atoms with van der Waals surface area (Å²) < 4.78 is 1.74. The molecular formula is C14H17ClN4O. The number of nitrogens with zero attached hydrogens (tertiary/aromatic N) is 3. The summed E-state index contributed by atoms with van der Waals surface area (Å²) in [5.41, 5.74) is 1.96. The third-order valence-electron chi connectivity index (χ3n) is 2.88. The molecule has 0 aliphatic carbocycles. The number of hydrogen-bond acceptors (Lipinski definition) is 3. The highest BCUT2D eigenvalue weighted by molar-refractivity contribution is 6.29. The molecule has 0 aliphatic rings. The molecule has 2 aromatic heterocycles. The summed E-state index contributed by atoms with van der Waals surface area (Å²) in [6.45, 7) is 6.75. The maximum absolute atomic E-state index is 12.2. The number of hydrogen-bond donors (Lipinski definition) is 1. The fraction of sp³-hybridized carbons (Fsp3) is 0.357. The number of halogens is 1. The molecule has 0 unspecified atom stereocenters. The van der Waals surface area contributed by atoms with Gasteiger partial charge in [-0.2, -0.15) is 5.10 Å². The summed E-state index contributed by atoms with van der Waals surface area (Å²) in [5, 5.41) is 7.23. The Morgan fingerprint density at radius 3 is 2.80 bits per heavy atom. The van der Waals surface area contributed by atoms with Gasteiger partial charge < -0.3 is 5.32 Å². The Bertz CT molecular complexity index is 621. The van der Waals surface area contributed by atoms with E-state index in [0.29, 0.717) is 16.4 Å². The van der Waals surface area contributed by atoms with Crippen molar-refractivity contribution in [2.45, 2.75) is 33.2 Å². The number of aryl methyl sites for hydroxylation is 1. The van der Waals surface area contributed by atoms with E-state index in [1.807, 2.05) is 20.8 Å². The van der Waals surface area contributed by atoms with Gasteiger partial charge in [0.1, 0.15) is 5.15 Å². The minimum Gasteiger partial charge on any atom is -0.319 e. The maximum Gasteiger partial charge on any atom is 0.255 e. The SMILES string of the molecule is CCn1cc(NC(=O)c2cc(Cl)nc(C(C)C)c2)cn1. The zero-order valence-corrected chi connectivity index (χ0v) is 12.5. The molecule has 20 heavy (non-hydrogen) atoms. The van der Waals surface area contributed by atoms with Gasteiger partial charge in [-0.25, -0.2) is 4.98 Å². The smallest absolute Gasteiger partial charge is 0.255 e. The molecule has 6 heteroatoms. The molecule has 0 aliphatic heterocycles. The minimum atomic E-state index is -0.216. The summed E-state index contributed by atoms with van der Waals surface area (Å²) in [6, 6.07) is 3.32. The summed E-state index contributed by atoms with van der Waals surface area (Å²) in [5.74, 6) is -0.00468. The van der Waals surface area contributed by atoms with Crippen molar-refractivity contribution >= 4 is 23.2 Å². The number of carbonyl (C=O) groups excluding carboxylic acids is 1. The van der Waals surface area contributed by atoms with Crippen molar-refractivity contribution in [3.05, 3.63) is 40.9 Å². The molecule has 2 heterocycles. The van der Waals surface area contributed by atoms with Crippen LogP contribution in [0.15, 0.2) is 24.5 Å². The molecule has 0 aromatic carbocycles. The average Bonchev–Trinajstić information content (AvgIpc) is 2.85. The first-order valence-electron chi connectivity index (χ1n) is 6.51. The van der Waals surface area contributed by atoms with Gasteiger partial charge >= 0.3 is 0 Å². The summed E-state index contributed by atoms with van der Waals surface area (Å²) >= 11 is 5.96. The molecule has 2 aromatic rings. The number of amides is 1. The van der Waals surface area contributed by atoms with E-state index in [9.17, 15) is 4.79 Å². The van der Waals surface area contributed by atoms with Crippen molar-refractivity contribution in [1.29, 1.82) is 0 Å². The highest BCUT2D eigenvalue weighted by atomic mass is 35.5. The van der Waals surface area contributed by atoms with Gasteiger partial charge in [-0.15, -0.1) is 0 Å². The third kappa shape index (κ3) is 3.36. The summed E-state index contributed by atoms with van der Waals surface area (Å²) in [7, 11) is 0. The van der Waals surface area contributed by atoms with Crippen LogP contribution in [0.1, 0.15) is 42.7 Å². The normalized spacial score (nSPS) is 10.8. The fourth-order valence-electron chi connectivity index (χ4n) is 1.75.